The van der Waals surface area contributed by atoms with Gasteiger partial charge in [0.2, 0.25) is 0 Å². The average molecular weight is 287 g/mol. The van der Waals surface area contributed by atoms with Crippen LogP contribution in [-0.2, 0) is 4.74 Å². The van der Waals surface area contributed by atoms with Gasteiger partial charge >= 0.3 is 0 Å². The van der Waals surface area contributed by atoms with Gasteiger partial charge in [0.05, 0.1) is 18.1 Å². The molecule has 0 amide bonds. The van der Waals surface area contributed by atoms with Crippen molar-refractivity contribution in [2.75, 3.05) is 39.5 Å². The van der Waals surface area contributed by atoms with E-state index in [2.05, 4.69) is 4.90 Å². The number of hydrogen-bond donors (Lipinski definition) is 0. The first-order valence-corrected chi connectivity index (χ1v) is 6.42. The van der Waals surface area contributed by atoms with E-state index in [1.54, 1.807) is 12.1 Å². The molecule has 0 aromatic heterocycles. The molecule has 19 heavy (non-hydrogen) atoms. The van der Waals surface area contributed by atoms with Gasteiger partial charge in [-0.3, -0.25) is 15.0 Å². The maximum Gasteiger partial charge on any atom is 0.291 e. The van der Waals surface area contributed by atoms with Crippen molar-refractivity contribution >= 4 is 17.3 Å². The number of nitrogens with zero attached hydrogens (tertiary/aromatic N) is 2. The summed E-state index contributed by atoms with van der Waals surface area (Å²) in [6, 6.07) is 4.56. The molecule has 6 nitrogen and oxygen atoms in total. The molecular weight excluding hydrogens is 272 g/mol. The van der Waals surface area contributed by atoms with Crippen molar-refractivity contribution in [1.82, 2.24) is 4.90 Å². The van der Waals surface area contributed by atoms with Crippen molar-refractivity contribution in [2.45, 2.75) is 0 Å². The summed E-state index contributed by atoms with van der Waals surface area (Å²) in [6.07, 6.45) is 0. The minimum absolute atomic E-state index is 0.0504. The van der Waals surface area contributed by atoms with Crippen LogP contribution in [-0.4, -0.2) is 49.3 Å². The van der Waals surface area contributed by atoms with Gasteiger partial charge in [-0.25, -0.2) is 0 Å². The van der Waals surface area contributed by atoms with Gasteiger partial charge in [0.25, 0.3) is 5.69 Å². The lowest BCUT2D eigenvalue weighted by Crippen LogP contribution is -2.38. The number of nitro groups is 1. The summed E-state index contributed by atoms with van der Waals surface area (Å²) in [5.41, 5.74) is -0.134. The number of morpholine rings is 1. The lowest BCUT2D eigenvalue weighted by Gasteiger charge is -2.26. The summed E-state index contributed by atoms with van der Waals surface area (Å²) in [5.74, 6) is 0.351. The summed E-state index contributed by atoms with van der Waals surface area (Å²) >= 11 is 5.93. The van der Waals surface area contributed by atoms with Crippen molar-refractivity contribution in [3.8, 4) is 5.75 Å². The normalized spacial score (nSPS) is 16.3. The Labute approximate surface area is 116 Å². The van der Waals surface area contributed by atoms with Crippen LogP contribution in [0.3, 0.4) is 0 Å². The molecule has 1 aromatic rings. The largest absolute Gasteiger partial charge is 0.490 e. The van der Waals surface area contributed by atoms with Crippen LogP contribution in [0.25, 0.3) is 0 Å². The molecule has 1 aliphatic rings. The average Bonchev–Trinajstić information content (AvgIpc) is 2.41. The molecule has 1 aliphatic heterocycles. The Bertz CT molecular complexity index is 449. The van der Waals surface area contributed by atoms with Crippen LogP contribution in [0.5, 0.6) is 5.75 Å². The van der Waals surface area contributed by atoms with Gasteiger partial charge < -0.3 is 9.47 Å². The molecule has 0 aliphatic carbocycles. The van der Waals surface area contributed by atoms with E-state index in [0.29, 0.717) is 12.4 Å². The Kier molecular flexibility index (Phi) is 4.95. The lowest BCUT2D eigenvalue weighted by molar-refractivity contribution is -0.384. The number of benzene rings is 1. The monoisotopic (exact) mass is 286 g/mol. The van der Waals surface area contributed by atoms with Crippen molar-refractivity contribution in [2.24, 2.45) is 0 Å². The Balaban J connectivity index is 1.88. The Morgan fingerprint density at radius 1 is 1.42 bits per heavy atom. The fourth-order valence-electron chi connectivity index (χ4n) is 1.86. The molecule has 1 saturated heterocycles. The van der Waals surface area contributed by atoms with Crippen LogP contribution in [0.2, 0.25) is 5.02 Å². The maximum absolute atomic E-state index is 10.7. The van der Waals surface area contributed by atoms with Crippen LogP contribution in [0, 0.1) is 10.1 Å². The fraction of sp³-hybridized carbons (Fsp3) is 0.500. The van der Waals surface area contributed by atoms with E-state index in [9.17, 15) is 10.1 Å². The molecule has 0 atom stereocenters. The van der Waals surface area contributed by atoms with Crippen LogP contribution >= 0.6 is 11.6 Å². The molecule has 0 radical (unpaired) electrons. The van der Waals surface area contributed by atoms with Crippen molar-refractivity contribution in [1.29, 1.82) is 0 Å². The molecule has 7 heteroatoms. The molecule has 104 valence electrons. The van der Waals surface area contributed by atoms with Crippen LogP contribution < -0.4 is 4.74 Å². The van der Waals surface area contributed by atoms with Gasteiger partial charge in [-0.1, -0.05) is 17.7 Å². The Morgan fingerprint density at radius 2 is 2.16 bits per heavy atom. The predicted molar refractivity (Wildman–Crippen MR) is 70.9 cm³/mol. The van der Waals surface area contributed by atoms with E-state index < -0.39 is 4.92 Å². The third kappa shape index (κ3) is 3.79. The lowest BCUT2D eigenvalue weighted by atomic mass is 10.3. The molecule has 1 aromatic carbocycles. The highest BCUT2D eigenvalue weighted by Crippen LogP contribution is 2.33. The molecule has 1 fully saturated rings. The molecule has 0 spiro atoms. The Hall–Kier alpha value is -1.37. The van der Waals surface area contributed by atoms with E-state index >= 15 is 0 Å². The topological polar surface area (TPSA) is 64.8 Å². The number of ether oxygens (including phenoxy) is 2. The summed E-state index contributed by atoms with van der Waals surface area (Å²) in [4.78, 5) is 12.4. The third-order valence-electron chi connectivity index (χ3n) is 2.91. The second-order valence-electron chi connectivity index (χ2n) is 4.15. The highest BCUT2D eigenvalue weighted by molar-refractivity contribution is 6.34. The highest BCUT2D eigenvalue weighted by Gasteiger charge is 2.16. The minimum atomic E-state index is -0.517. The fourth-order valence-corrected chi connectivity index (χ4v) is 2.11. The van der Waals surface area contributed by atoms with Gasteiger partial charge in [0.1, 0.15) is 12.4 Å². The molecule has 2 rings (SSSR count). The number of hydrogen-bond acceptors (Lipinski definition) is 5. The molecular formula is C12H15ClN2O4. The van der Waals surface area contributed by atoms with Crippen LogP contribution in [0.1, 0.15) is 0 Å². The Morgan fingerprint density at radius 3 is 2.84 bits per heavy atom. The first-order chi connectivity index (χ1) is 9.18. The number of rotatable bonds is 5. The van der Waals surface area contributed by atoms with E-state index in [4.69, 9.17) is 21.1 Å². The molecule has 0 bridgehead atoms. The number of halogens is 1. The molecule has 0 unspecified atom stereocenters. The van der Waals surface area contributed by atoms with Gasteiger partial charge in [-0.15, -0.1) is 0 Å². The maximum atomic E-state index is 10.7. The summed E-state index contributed by atoms with van der Waals surface area (Å²) in [7, 11) is 0. The van der Waals surface area contributed by atoms with Gasteiger partial charge in [0.15, 0.2) is 5.02 Å². The first kappa shape index (κ1) is 14.0. The summed E-state index contributed by atoms with van der Waals surface area (Å²) in [6.45, 7) is 4.43. The predicted octanol–water partition coefficient (Wildman–Crippen LogP) is 1.96. The summed E-state index contributed by atoms with van der Waals surface area (Å²) < 4.78 is 10.8. The van der Waals surface area contributed by atoms with Crippen molar-refractivity contribution in [3.63, 3.8) is 0 Å². The standard InChI is InChI=1S/C12H15ClN2O4/c13-12-10(15(16)17)2-1-3-11(12)19-9-6-14-4-7-18-8-5-14/h1-3H,4-9H2. The smallest absolute Gasteiger partial charge is 0.291 e. The van der Waals surface area contributed by atoms with Gasteiger partial charge in [0, 0.05) is 25.7 Å². The molecule has 0 saturated carbocycles. The van der Waals surface area contributed by atoms with Crippen molar-refractivity contribution < 1.29 is 14.4 Å². The van der Waals surface area contributed by atoms with Gasteiger partial charge in [-0.2, -0.15) is 0 Å². The van der Waals surface area contributed by atoms with Gasteiger partial charge in [-0.05, 0) is 6.07 Å². The minimum Gasteiger partial charge on any atom is -0.490 e. The van der Waals surface area contributed by atoms with Crippen LogP contribution in [0.4, 0.5) is 5.69 Å². The van der Waals surface area contributed by atoms with E-state index in [0.717, 1.165) is 32.8 Å². The zero-order valence-corrected chi connectivity index (χ0v) is 11.1. The highest BCUT2D eigenvalue weighted by atomic mass is 35.5. The quantitative estimate of drug-likeness (QED) is 0.611. The van der Waals surface area contributed by atoms with E-state index in [-0.39, 0.29) is 10.7 Å². The zero-order valence-electron chi connectivity index (χ0n) is 10.4. The molecule has 1 heterocycles. The summed E-state index contributed by atoms with van der Waals surface area (Å²) in [5, 5.41) is 10.8. The first-order valence-electron chi connectivity index (χ1n) is 6.04. The third-order valence-corrected chi connectivity index (χ3v) is 3.29. The van der Waals surface area contributed by atoms with E-state index in [1.165, 1.54) is 6.07 Å². The second kappa shape index (κ2) is 6.70. The molecule has 0 N–H and O–H groups in total. The second-order valence-corrected chi connectivity index (χ2v) is 4.53. The van der Waals surface area contributed by atoms with E-state index in [1.807, 2.05) is 0 Å². The van der Waals surface area contributed by atoms with Crippen molar-refractivity contribution in [3.05, 3.63) is 33.3 Å². The zero-order chi connectivity index (χ0) is 13.7. The SMILES string of the molecule is O=[N+]([O-])c1cccc(OCCN2CCOCC2)c1Cl. The number of nitro benzene ring substituents is 1. The van der Waals surface area contributed by atoms with Crippen LogP contribution in [0.15, 0.2) is 18.2 Å².